The number of amides is 1. The third-order valence-corrected chi connectivity index (χ3v) is 4.85. The number of nitrogens with two attached hydrogens (primary N) is 1. The van der Waals surface area contributed by atoms with Crippen LogP contribution in [0.1, 0.15) is 32.1 Å². The van der Waals surface area contributed by atoms with E-state index in [-0.39, 0.29) is 39.7 Å². The van der Waals surface area contributed by atoms with Crippen LogP contribution in [0.15, 0.2) is 55.0 Å². The van der Waals surface area contributed by atoms with Crippen LogP contribution in [0.3, 0.4) is 0 Å². The molecule has 0 aliphatic carbocycles. The number of benzene rings is 1. The van der Waals surface area contributed by atoms with Crippen LogP contribution in [0.4, 0.5) is 24.8 Å². The molecule has 0 aliphatic rings. The highest BCUT2D eigenvalue weighted by Gasteiger charge is 2.35. The Morgan fingerprint density at radius 2 is 1.86 bits per heavy atom. The topological polar surface area (TPSA) is 149 Å². The maximum absolute atomic E-state index is 13.3. The van der Waals surface area contributed by atoms with Gasteiger partial charge < -0.3 is 16.2 Å². The van der Waals surface area contributed by atoms with Crippen LogP contribution in [0, 0.1) is 6.92 Å². The van der Waals surface area contributed by atoms with E-state index in [4.69, 9.17) is 5.73 Å². The van der Waals surface area contributed by atoms with Crippen molar-refractivity contribution in [1.29, 1.82) is 0 Å². The Bertz CT molecular complexity index is 1450. The molecule has 3 heterocycles. The van der Waals surface area contributed by atoms with Crippen molar-refractivity contribution >= 4 is 23.5 Å². The minimum absolute atomic E-state index is 0.0174. The Morgan fingerprint density at radius 1 is 1.09 bits per heavy atom. The summed E-state index contributed by atoms with van der Waals surface area (Å²) < 4.78 is 40.9. The van der Waals surface area contributed by atoms with E-state index in [0.29, 0.717) is 5.69 Å². The van der Waals surface area contributed by atoms with Gasteiger partial charge in [-0.15, -0.1) is 0 Å². The first kappa shape index (κ1) is 23.4. The zero-order valence-corrected chi connectivity index (χ0v) is 17.9. The molecule has 4 rings (SSSR count). The van der Waals surface area contributed by atoms with Gasteiger partial charge in [-0.05, 0) is 37.3 Å². The molecule has 13 heteroatoms. The normalized spacial score (nSPS) is 11.3. The number of carboxylic acids is 1. The van der Waals surface area contributed by atoms with Gasteiger partial charge in [0.05, 0.1) is 5.56 Å². The third kappa shape index (κ3) is 4.93. The average Bonchev–Trinajstić information content (AvgIpc) is 3.21. The van der Waals surface area contributed by atoms with Crippen molar-refractivity contribution in [3.63, 3.8) is 0 Å². The van der Waals surface area contributed by atoms with E-state index < -0.39 is 23.7 Å². The van der Waals surface area contributed by atoms with Gasteiger partial charge in [-0.3, -0.25) is 9.78 Å². The molecular weight excluding hydrogens is 467 g/mol. The lowest BCUT2D eigenvalue weighted by atomic mass is 10.1. The lowest BCUT2D eigenvalue weighted by Gasteiger charge is -2.13. The number of alkyl halides is 3. The number of carbonyl (C=O) groups is 2. The van der Waals surface area contributed by atoms with Gasteiger partial charge in [0.15, 0.2) is 11.5 Å². The number of hydrogen-bond acceptors (Lipinski definition) is 7. The fraction of sp³-hybridized carbons (Fsp3) is 0.0909. The van der Waals surface area contributed by atoms with Gasteiger partial charge in [0.1, 0.15) is 0 Å². The molecule has 0 spiro atoms. The van der Waals surface area contributed by atoms with Crippen molar-refractivity contribution in [1.82, 2.24) is 24.7 Å². The number of aromatic carboxylic acids is 1. The molecule has 4 N–H and O–H groups in total. The highest BCUT2D eigenvalue weighted by molar-refractivity contribution is 5.94. The second-order valence-electron chi connectivity index (χ2n) is 7.35. The number of rotatable bonds is 6. The van der Waals surface area contributed by atoms with Crippen LogP contribution in [0.5, 0.6) is 0 Å². The van der Waals surface area contributed by atoms with Gasteiger partial charge in [-0.1, -0.05) is 6.07 Å². The number of aryl methyl sites for hydroxylation is 1. The van der Waals surface area contributed by atoms with E-state index in [1.165, 1.54) is 37.5 Å². The smallest absolute Gasteiger partial charge is 0.435 e. The predicted molar refractivity (Wildman–Crippen MR) is 117 cm³/mol. The molecule has 4 aromatic rings. The summed E-state index contributed by atoms with van der Waals surface area (Å²) in [5.41, 5.74) is 5.24. The first-order valence-corrected chi connectivity index (χ1v) is 9.90. The van der Waals surface area contributed by atoms with Crippen molar-refractivity contribution in [3.8, 4) is 16.9 Å². The molecule has 0 bridgehead atoms. The SMILES string of the molecule is Cc1cc(C(F)(F)F)nn1-c1nc(Nc2cccc(C(N)=O)c2)ncc1-c1cncc(C(=O)O)c1. The molecule has 1 amide bonds. The molecule has 0 saturated heterocycles. The first-order valence-electron chi connectivity index (χ1n) is 9.90. The van der Waals surface area contributed by atoms with Gasteiger partial charge in [0.2, 0.25) is 11.9 Å². The fourth-order valence-corrected chi connectivity index (χ4v) is 3.21. The number of carbonyl (C=O) groups excluding carboxylic acids is 1. The molecule has 0 atom stereocenters. The van der Waals surface area contributed by atoms with Gasteiger partial charge in [-0.2, -0.15) is 23.3 Å². The van der Waals surface area contributed by atoms with Crippen molar-refractivity contribution in [2.75, 3.05) is 5.32 Å². The molecule has 3 aromatic heterocycles. The predicted octanol–water partition coefficient (Wildman–Crippen LogP) is 3.59. The second-order valence-corrected chi connectivity index (χ2v) is 7.35. The molecule has 1 aromatic carbocycles. The molecule has 0 fully saturated rings. The average molecular weight is 483 g/mol. The standard InChI is InChI=1S/C22H16F3N7O3/c1-11-5-17(22(23,24)25)31-32(11)19-16(13-6-14(20(34)35)9-27-8-13)10-28-21(30-19)29-15-4-2-3-12(7-15)18(26)33/h2-10H,1H3,(H2,26,33)(H,34,35)(H,28,29,30). The van der Waals surface area contributed by atoms with Crippen molar-refractivity contribution < 1.29 is 27.9 Å². The van der Waals surface area contributed by atoms with Crippen LogP contribution in [-0.4, -0.2) is 41.7 Å². The maximum Gasteiger partial charge on any atom is 0.435 e. The Kier molecular flexibility index (Phi) is 5.91. The lowest BCUT2D eigenvalue weighted by molar-refractivity contribution is -0.141. The summed E-state index contributed by atoms with van der Waals surface area (Å²) in [5, 5.41) is 15.8. The molecule has 10 nitrogen and oxygen atoms in total. The van der Waals surface area contributed by atoms with Gasteiger partial charge in [0, 0.05) is 46.7 Å². The number of aromatic nitrogens is 5. The zero-order valence-electron chi connectivity index (χ0n) is 17.9. The number of anilines is 2. The summed E-state index contributed by atoms with van der Waals surface area (Å²) in [6.45, 7) is 1.42. The monoisotopic (exact) mass is 483 g/mol. The maximum atomic E-state index is 13.3. The summed E-state index contributed by atoms with van der Waals surface area (Å²) in [7, 11) is 0. The Balaban J connectivity index is 1.86. The van der Waals surface area contributed by atoms with Crippen LogP contribution < -0.4 is 11.1 Å². The summed E-state index contributed by atoms with van der Waals surface area (Å²) >= 11 is 0. The summed E-state index contributed by atoms with van der Waals surface area (Å²) in [6, 6.07) is 8.32. The zero-order chi connectivity index (χ0) is 25.3. The number of carboxylic acid groups (broad SMARTS) is 1. The van der Waals surface area contributed by atoms with Crippen LogP contribution >= 0.6 is 0 Å². The second kappa shape index (κ2) is 8.85. The number of primary amides is 1. The van der Waals surface area contributed by atoms with Gasteiger partial charge in [-0.25, -0.2) is 14.5 Å². The minimum atomic E-state index is -4.69. The highest BCUT2D eigenvalue weighted by Crippen LogP contribution is 2.32. The Labute approximate surface area is 195 Å². The van der Waals surface area contributed by atoms with Crippen LogP contribution in [-0.2, 0) is 6.18 Å². The lowest BCUT2D eigenvalue weighted by Crippen LogP contribution is -2.12. The van der Waals surface area contributed by atoms with E-state index in [9.17, 15) is 27.9 Å². The number of nitrogens with zero attached hydrogens (tertiary/aromatic N) is 5. The van der Waals surface area contributed by atoms with Gasteiger partial charge >= 0.3 is 12.1 Å². The molecule has 0 aliphatic heterocycles. The summed E-state index contributed by atoms with van der Waals surface area (Å²) in [5.74, 6) is -1.95. The first-order chi connectivity index (χ1) is 16.5. The quantitative estimate of drug-likeness (QED) is 0.377. The highest BCUT2D eigenvalue weighted by atomic mass is 19.4. The molecule has 178 valence electrons. The molecule has 0 unspecified atom stereocenters. The Hall–Kier alpha value is -4.81. The van der Waals surface area contributed by atoms with Crippen molar-refractivity contribution in [2.24, 2.45) is 5.73 Å². The van der Waals surface area contributed by atoms with Crippen molar-refractivity contribution in [3.05, 3.63) is 77.5 Å². The van der Waals surface area contributed by atoms with E-state index >= 15 is 0 Å². The number of nitrogens with one attached hydrogen (secondary N) is 1. The molecular formula is C22H16F3N7O3. The number of pyridine rings is 1. The summed E-state index contributed by atoms with van der Waals surface area (Å²) in [6.07, 6.45) is -0.916. The van der Waals surface area contributed by atoms with Crippen LogP contribution in [0.2, 0.25) is 0 Å². The third-order valence-electron chi connectivity index (χ3n) is 4.85. The summed E-state index contributed by atoms with van der Waals surface area (Å²) in [4.78, 5) is 35.3. The van der Waals surface area contributed by atoms with E-state index in [1.807, 2.05) is 0 Å². The number of hydrogen-bond donors (Lipinski definition) is 3. The van der Waals surface area contributed by atoms with Crippen LogP contribution in [0.25, 0.3) is 16.9 Å². The number of halogens is 3. The largest absolute Gasteiger partial charge is 0.478 e. The van der Waals surface area contributed by atoms with Crippen molar-refractivity contribution in [2.45, 2.75) is 13.1 Å². The molecule has 0 saturated carbocycles. The van der Waals surface area contributed by atoms with Gasteiger partial charge in [0.25, 0.3) is 0 Å². The molecule has 35 heavy (non-hydrogen) atoms. The van der Waals surface area contributed by atoms with E-state index in [1.54, 1.807) is 12.1 Å². The van der Waals surface area contributed by atoms with E-state index in [0.717, 1.165) is 16.9 Å². The fourth-order valence-electron chi connectivity index (χ4n) is 3.21. The Morgan fingerprint density at radius 3 is 2.51 bits per heavy atom. The molecule has 0 radical (unpaired) electrons. The van der Waals surface area contributed by atoms with E-state index in [2.05, 4.69) is 25.4 Å². The minimum Gasteiger partial charge on any atom is -0.478 e.